The quantitative estimate of drug-likeness (QED) is 0.569. The van der Waals surface area contributed by atoms with Crippen LogP contribution < -0.4 is 10.2 Å². The van der Waals surface area contributed by atoms with E-state index in [0.29, 0.717) is 30.3 Å². The van der Waals surface area contributed by atoms with Gasteiger partial charge in [-0.2, -0.15) is 5.10 Å². The van der Waals surface area contributed by atoms with E-state index in [0.717, 1.165) is 28.6 Å². The standard InChI is InChI=1S/C20H22N8O/c1-22-10-14(9-21)13-3-4-16-15(7-13)20(26-25-16)17-8-18(24-12-23-17)28-6-5-27(2)19(29)11-28/h3-4,7-10,12,21-22H,5-6,11H2,1-2H3,(H,25,26)/b14-10+,21-9?. The maximum Gasteiger partial charge on any atom is 0.241 e. The number of benzene rings is 1. The summed E-state index contributed by atoms with van der Waals surface area (Å²) in [7, 11) is 3.61. The number of aromatic amines is 1. The molecule has 1 fully saturated rings. The second kappa shape index (κ2) is 7.70. The zero-order valence-corrected chi connectivity index (χ0v) is 16.3. The fourth-order valence-electron chi connectivity index (χ4n) is 3.36. The lowest BCUT2D eigenvalue weighted by molar-refractivity contribution is -0.129. The molecule has 0 unspecified atom stereocenters. The number of rotatable bonds is 5. The van der Waals surface area contributed by atoms with Crippen LogP contribution in [0, 0.1) is 5.41 Å². The third-order valence-electron chi connectivity index (χ3n) is 5.03. The highest BCUT2D eigenvalue weighted by molar-refractivity contribution is 6.09. The van der Waals surface area contributed by atoms with Crippen molar-refractivity contribution in [2.75, 3.05) is 38.6 Å². The fraction of sp³-hybridized carbons (Fsp3) is 0.250. The number of aromatic nitrogens is 4. The zero-order valence-electron chi connectivity index (χ0n) is 16.3. The van der Waals surface area contributed by atoms with Gasteiger partial charge in [0.05, 0.1) is 17.8 Å². The molecule has 3 heterocycles. The number of carbonyl (C=O) groups excluding carboxylic acids is 1. The molecule has 1 amide bonds. The molecule has 1 aliphatic rings. The Bertz CT molecular complexity index is 1100. The minimum atomic E-state index is 0.0711. The molecule has 4 rings (SSSR count). The van der Waals surface area contributed by atoms with E-state index in [4.69, 9.17) is 5.41 Å². The molecule has 1 aromatic carbocycles. The molecular weight excluding hydrogens is 368 g/mol. The molecule has 148 valence electrons. The van der Waals surface area contributed by atoms with E-state index in [1.54, 1.807) is 18.1 Å². The van der Waals surface area contributed by atoms with Crippen LogP contribution in [0.25, 0.3) is 27.9 Å². The molecule has 3 N–H and O–H groups in total. The number of likely N-dealkylation sites (N-methyl/N-ethyl adjacent to an activating group) is 1. The largest absolute Gasteiger partial charge is 0.393 e. The lowest BCUT2D eigenvalue weighted by atomic mass is 10.0. The second-order valence-electron chi connectivity index (χ2n) is 6.86. The number of amides is 1. The van der Waals surface area contributed by atoms with Crippen molar-refractivity contribution in [3.05, 3.63) is 42.4 Å². The molecule has 0 atom stereocenters. The molecule has 29 heavy (non-hydrogen) atoms. The number of hydrogen-bond acceptors (Lipinski definition) is 7. The number of hydrogen-bond donors (Lipinski definition) is 3. The van der Waals surface area contributed by atoms with Crippen molar-refractivity contribution < 1.29 is 4.79 Å². The Kier molecular flexibility index (Phi) is 4.94. The number of H-pyrrole nitrogens is 1. The predicted molar refractivity (Wildman–Crippen MR) is 113 cm³/mol. The Morgan fingerprint density at radius 1 is 1.28 bits per heavy atom. The van der Waals surface area contributed by atoms with Crippen LogP contribution >= 0.6 is 0 Å². The lowest BCUT2D eigenvalue weighted by Gasteiger charge is -2.32. The van der Waals surface area contributed by atoms with E-state index in [-0.39, 0.29) is 5.91 Å². The third kappa shape index (κ3) is 3.54. The molecule has 9 nitrogen and oxygen atoms in total. The van der Waals surface area contributed by atoms with Crippen molar-refractivity contribution in [3.63, 3.8) is 0 Å². The predicted octanol–water partition coefficient (Wildman–Crippen LogP) is 1.51. The van der Waals surface area contributed by atoms with Crippen molar-refractivity contribution in [3.8, 4) is 11.4 Å². The van der Waals surface area contributed by atoms with Crippen LogP contribution in [-0.2, 0) is 4.79 Å². The van der Waals surface area contributed by atoms with Gasteiger partial charge in [0.15, 0.2) is 0 Å². The topological polar surface area (TPSA) is 114 Å². The van der Waals surface area contributed by atoms with Crippen LogP contribution in [0.5, 0.6) is 0 Å². The van der Waals surface area contributed by atoms with E-state index >= 15 is 0 Å². The van der Waals surface area contributed by atoms with Gasteiger partial charge in [0.25, 0.3) is 0 Å². The van der Waals surface area contributed by atoms with Gasteiger partial charge >= 0.3 is 0 Å². The number of fused-ring (bicyclic) bond motifs is 1. The first-order valence-corrected chi connectivity index (χ1v) is 9.28. The smallest absolute Gasteiger partial charge is 0.241 e. The number of piperazine rings is 1. The normalized spacial score (nSPS) is 15.1. The van der Waals surface area contributed by atoms with Crippen molar-refractivity contribution >= 4 is 34.4 Å². The van der Waals surface area contributed by atoms with Gasteiger partial charge in [0.2, 0.25) is 5.91 Å². The number of nitrogens with one attached hydrogen (secondary N) is 3. The Morgan fingerprint density at radius 2 is 2.14 bits per heavy atom. The van der Waals surface area contributed by atoms with E-state index < -0.39 is 0 Å². The fourth-order valence-corrected chi connectivity index (χ4v) is 3.36. The molecule has 0 spiro atoms. The van der Waals surface area contributed by atoms with Crippen molar-refractivity contribution in [2.24, 2.45) is 0 Å². The van der Waals surface area contributed by atoms with Crippen LogP contribution in [0.15, 0.2) is 36.8 Å². The van der Waals surface area contributed by atoms with Crippen molar-refractivity contribution in [1.82, 2.24) is 30.4 Å². The summed E-state index contributed by atoms with van der Waals surface area (Å²) in [5.74, 6) is 0.779. The van der Waals surface area contributed by atoms with Gasteiger partial charge in [-0.05, 0) is 17.7 Å². The summed E-state index contributed by atoms with van der Waals surface area (Å²) in [5.41, 5.74) is 3.94. The SMILES string of the molecule is CN/C=C(\C=N)c1ccc2[nH]nc(-c3cc(N4CCN(C)C(=O)C4)ncn3)c2c1. The maximum absolute atomic E-state index is 12.0. The summed E-state index contributed by atoms with van der Waals surface area (Å²) >= 11 is 0. The first kappa shape index (κ1) is 18.6. The summed E-state index contributed by atoms with van der Waals surface area (Å²) in [6.45, 7) is 1.69. The van der Waals surface area contributed by atoms with Gasteiger partial charge in [0, 0.05) is 56.6 Å². The van der Waals surface area contributed by atoms with Crippen LogP contribution in [0.1, 0.15) is 5.56 Å². The van der Waals surface area contributed by atoms with Crippen LogP contribution in [-0.4, -0.2) is 70.9 Å². The molecule has 3 aromatic rings. The molecule has 0 radical (unpaired) electrons. The molecular formula is C20H22N8O. The van der Waals surface area contributed by atoms with Gasteiger partial charge < -0.3 is 20.5 Å². The Balaban J connectivity index is 1.72. The summed E-state index contributed by atoms with van der Waals surface area (Å²) < 4.78 is 0. The average molecular weight is 390 g/mol. The Hall–Kier alpha value is -3.75. The van der Waals surface area contributed by atoms with E-state index in [9.17, 15) is 4.79 Å². The maximum atomic E-state index is 12.0. The highest BCUT2D eigenvalue weighted by Crippen LogP contribution is 2.29. The van der Waals surface area contributed by atoms with E-state index in [1.165, 1.54) is 12.5 Å². The zero-order chi connectivity index (χ0) is 20.4. The highest BCUT2D eigenvalue weighted by Gasteiger charge is 2.23. The molecule has 1 aliphatic heterocycles. The summed E-state index contributed by atoms with van der Waals surface area (Å²) in [4.78, 5) is 24.5. The summed E-state index contributed by atoms with van der Waals surface area (Å²) in [6, 6.07) is 7.74. The molecule has 0 bridgehead atoms. The van der Waals surface area contributed by atoms with Crippen molar-refractivity contribution in [2.45, 2.75) is 0 Å². The molecule has 9 heteroatoms. The number of allylic oxidation sites excluding steroid dienone is 1. The Morgan fingerprint density at radius 3 is 2.90 bits per heavy atom. The minimum absolute atomic E-state index is 0.0711. The average Bonchev–Trinajstić information content (AvgIpc) is 3.17. The summed E-state index contributed by atoms with van der Waals surface area (Å²) in [5, 5.41) is 19.0. The van der Waals surface area contributed by atoms with Gasteiger partial charge in [0.1, 0.15) is 17.8 Å². The molecule has 1 saturated heterocycles. The lowest BCUT2D eigenvalue weighted by Crippen LogP contribution is -2.48. The number of nitrogens with zero attached hydrogens (tertiary/aromatic N) is 5. The monoisotopic (exact) mass is 390 g/mol. The van der Waals surface area contributed by atoms with Crippen LogP contribution in [0.3, 0.4) is 0 Å². The van der Waals surface area contributed by atoms with Gasteiger partial charge in [-0.1, -0.05) is 6.07 Å². The number of anilines is 1. The van der Waals surface area contributed by atoms with Crippen LogP contribution in [0.4, 0.5) is 5.82 Å². The van der Waals surface area contributed by atoms with E-state index in [2.05, 4.69) is 25.5 Å². The highest BCUT2D eigenvalue weighted by atomic mass is 16.2. The first-order chi connectivity index (χ1) is 14.1. The molecule has 0 saturated carbocycles. The molecule has 0 aliphatic carbocycles. The first-order valence-electron chi connectivity index (χ1n) is 9.28. The van der Waals surface area contributed by atoms with Gasteiger partial charge in [-0.25, -0.2) is 9.97 Å². The summed E-state index contributed by atoms with van der Waals surface area (Å²) in [6.07, 6.45) is 4.59. The van der Waals surface area contributed by atoms with Crippen LogP contribution in [0.2, 0.25) is 0 Å². The van der Waals surface area contributed by atoms with Crippen molar-refractivity contribution in [1.29, 1.82) is 5.41 Å². The molecule has 2 aromatic heterocycles. The minimum Gasteiger partial charge on any atom is -0.393 e. The Labute approximate surface area is 168 Å². The van der Waals surface area contributed by atoms with E-state index in [1.807, 2.05) is 36.2 Å². The van der Waals surface area contributed by atoms with Gasteiger partial charge in [-0.15, -0.1) is 0 Å². The number of carbonyl (C=O) groups is 1. The van der Waals surface area contributed by atoms with Gasteiger partial charge in [-0.3, -0.25) is 9.89 Å². The third-order valence-corrected chi connectivity index (χ3v) is 5.03. The second-order valence-corrected chi connectivity index (χ2v) is 6.86.